The number of nitrogens with zero attached hydrogens (tertiary/aromatic N) is 5. The summed E-state index contributed by atoms with van der Waals surface area (Å²) in [5.41, 5.74) is 7.17. The lowest BCUT2D eigenvalue weighted by molar-refractivity contribution is 0.669. The van der Waals surface area contributed by atoms with Gasteiger partial charge in [-0.3, -0.25) is 4.57 Å². The minimum atomic E-state index is 0.559. The average molecular weight is 616 g/mol. The molecule has 0 atom stereocenters. The van der Waals surface area contributed by atoms with Crippen molar-refractivity contribution in [2.24, 2.45) is 0 Å². The third-order valence-corrected chi connectivity index (χ3v) is 9.09. The maximum atomic E-state index is 6.72. The van der Waals surface area contributed by atoms with Gasteiger partial charge < -0.3 is 4.42 Å². The summed E-state index contributed by atoms with van der Waals surface area (Å²) in [5, 5.41) is 6.61. The Morgan fingerprint density at radius 1 is 0.479 bits per heavy atom. The fourth-order valence-electron chi connectivity index (χ4n) is 6.83. The van der Waals surface area contributed by atoms with Crippen molar-refractivity contribution in [2.45, 2.75) is 0 Å². The molecule has 10 aromatic rings. The molecular formula is C42H25N5O. The van der Waals surface area contributed by atoms with Crippen LogP contribution in [0.2, 0.25) is 0 Å². The second kappa shape index (κ2) is 10.4. The monoisotopic (exact) mass is 615 g/mol. The molecule has 0 bridgehead atoms. The third-order valence-electron chi connectivity index (χ3n) is 9.09. The van der Waals surface area contributed by atoms with E-state index in [-0.39, 0.29) is 0 Å². The van der Waals surface area contributed by atoms with E-state index in [1.165, 1.54) is 10.8 Å². The lowest BCUT2D eigenvalue weighted by Gasteiger charge is -2.09. The van der Waals surface area contributed by atoms with E-state index in [1.54, 1.807) is 0 Å². The van der Waals surface area contributed by atoms with Crippen LogP contribution in [0.25, 0.3) is 94.5 Å². The zero-order chi connectivity index (χ0) is 31.6. The number of fused-ring (bicyclic) bond motifs is 7. The molecule has 0 amide bonds. The quantitative estimate of drug-likeness (QED) is 0.197. The van der Waals surface area contributed by atoms with Gasteiger partial charge in [0, 0.05) is 44.9 Å². The Hall–Kier alpha value is -6.66. The maximum absolute atomic E-state index is 6.72. The number of benzene rings is 6. The van der Waals surface area contributed by atoms with Crippen LogP contribution in [-0.4, -0.2) is 24.5 Å². The highest BCUT2D eigenvalue weighted by atomic mass is 16.3. The molecule has 10 rings (SSSR count). The van der Waals surface area contributed by atoms with Gasteiger partial charge in [0.25, 0.3) is 0 Å². The first-order valence-electron chi connectivity index (χ1n) is 15.9. The lowest BCUT2D eigenvalue weighted by atomic mass is 10.1. The summed E-state index contributed by atoms with van der Waals surface area (Å²) >= 11 is 0. The van der Waals surface area contributed by atoms with Crippen molar-refractivity contribution in [2.75, 3.05) is 0 Å². The second-order valence-corrected chi connectivity index (χ2v) is 11.9. The van der Waals surface area contributed by atoms with Crippen LogP contribution in [0.15, 0.2) is 156 Å². The summed E-state index contributed by atoms with van der Waals surface area (Å²) in [7, 11) is 0. The molecule has 224 valence electrons. The normalized spacial score (nSPS) is 11.8. The molecule has 48 heavy (non-hydrogen) atoms. The van der Waals surface area contributed by atoms with Crippen LogP contribution in [0.1, 0.15) is 0 Å². The molecule has 0 spiro atoms. The van der Waals surface area contributed by atoms with Crippen LogP contribution >= 0.6 is 0 Å². The Kier molecular flexibility index (Phi) is 5.77. The third kappa shape index (κ3) is 4.13. The first-order valence-corrected chi connectivity index (χ1v) is 15.9. The summed E-state index contributed by atoms with van der Waals surface area (Å²) in [6, 6.07) is 49.7. The van der Waals surface area contributed by atoms with Crippen LogP contribution in [-0.2, 0) is 0 Å². The highest BCUT2D eigenvalue weighted by Crippen LogP contribution is 2.38. The summed E-state index contributed by atoms with van der Waals surface area (Å²) in [6.45, 7) is 0. The van der Waals surface area contributed by atoms with Crippen LogP contribution in [0.3, 0.4) is 0 Å². The molecule has 0 fully saturated rings. The maximum Gasteiger partial charge on any atom is 0.167 e. The van der Waals surface area contributed by atoms with Crippen molar-refractivity contribution in [1.82, 2.24) is 24.5 Å². The predicted molar refractivity (Wildman–Crippen MR) is 193 cm³/mol. The Morgan fingerprint density at radius 2 is 1.23 bits per heavy atom. The van der Waals surface area contributed by atoms with E-state index in [4.69, 9.17) is 24.4 Å². The van der Waals surface area contributed by atoms with Gasteiger partial charge in [-0.2, -0.15) is 0 Å². The van der Waals surface area contributed by atoms with E-state index in [2.05, 4.69) is 89.5 Å². The van der Waals surface area contributed by atoms with Crippen molar-refractivity contribution in [3.63, 3.8) is 0 Å². The van der Waals surface area contributed by atoms with Gasteiger partial charge in [-0.25, -0.2) is 19.9 Å². The summed E-state index contributed by atoms with van der Waals surface area (Å²) < 4.78 is 8.92. The van der Waals surface area contributed by atoms with Crippen LogP contribution in [0, 0.1) is 0 Å². The number of rotatable bonds is 4. The largest absolute Gasteiger partial charge is 0.455 e. The van der Waals surface area contributed by atoms with Gasteiger partial charge >= 0.3 is 0 Å². The number of para-hydroxylation sites is 2. The van der Waals surface area contributed by atoms with Crippen molar-refractivity contribution < 1.29 is 4.42 Å². The molecule has 0 saturated carbocycles. The number of hydrogen-bond acceptors (Lipinski definition) is 5. The molecule has 6 aromatic carbocycles. The molecule has 4 aromatic heterocycles. The number of pyridine rings is 1. The number of aromatic nitrogens is 5. The molecule has 0 aliphatic heterocycles. The Labute approximate surface area is 274 Å². The number of furan rings is 1. The van der Waals surface area contributed by atoms with Gasteiger partial charge in [-0.15, -0.1) is 0 Å². The molecule has 6 nitrogen and oxygen atoms in total. The van der Waals surface area contributed by atoms with Gasteiger partial charge in [0.15, 0.2) is 17.5 Å². The zero-order valence-corrected chi connectivity index (χ0v) is 25.6. The van der Waals surface area contributed by atoms with E-state index in [0.717, 1.165) is 66.3 Å². The van der Waals surface area contributed by atoms with Crippen molar-refractivity contribution in [1.29, 1.82) is 0 Å². The van der Waals surface area contributed by atoms with Crippen molar-refractivity contribution in [3.05, 3.63) is 152 Å². The summed E-state index contributed by atoms with van der Waals surface area (Å²) in [6.07, 6.45) is 1.84. The molecule has 0 N–H and O–H groups in total. The molecule has 4 heterocycles. The van der Waals surface area contributed by atoms with Gasteiger partial charge in [-0.1, -0.05) is 97.1 Å². The molecule has 0 aliphatic rings. The summed E-state index contributed by atoms with van der Waals surface area (Å²) in [4.78, 5) is 19.8. The highest BCUT2D eigenvalue weighted by molar-refractivity contribution is 6.11. The SMILES string of the molecule is c1ccc(-c2nc(-c3ccc4ccccc4c3)nc(-c3cccc4c3oc3cc(-n5c6ccccc6c6cccnc65)ccc34)n2)cc1. The van der Waals surface area contributed by atoms with E-state index >= 15 is 0 Å². The predicted octanol–water partition coefficient (Wildman–Crippen LogP) is 10.4. The molecular weight excluding hydrogens is 590 g/mol. The average Bonchev–Trinajstić information content (AvgIpc) is 3.70. The van der Waals surface area contributed by atoms with E-state index in [9.17, 15) is 0 Å². The van der Waals surface area contributed by atoms with E-state index in [1.807, 2.05) is 66.9 Å². The lowest BCUT2D eigenvalue weighted by Crippen LogP contribution is -2.00. The molecule has 6 heteroatoms. The fourth-order valence-corrected chi connectivity index (χ4v) is 6.83. The molecule has 0 aliphatic carbocycles. The van der Waals surface area contributed by atoms with Crippen LogP contribution in [0.4, 0.5) is 0 Å². The van der Waals surface area contributed by atoms with E-state index < -0.39 is 0 Å². The Bertz CT molecular complexity index is 2800. The van der Waals surface area contributed by atoms with Crippen LogP contribution < -0.4 is 0 Å². The van der Waals surface area contributed by atoms with Crippen LogP contribution in [0.5, 0.6) is 0 Å². The van der Waals surface area contributed by atoms with Gasteiger partial charge in [-0.05, 0) is 53.2 Å². The smallest absolute Gasteiger partial charge is 0.167 e. The standard InChI is InChI=1S/C42H25N5O/c1-2-11-27(12-3-1)39-44-40(29-20-19-26-10-4-5-13-28(26)24-29)46-41(45-39)35-16-8-15-33-32-22-21-30(25-37(32)48-38(33)35)47-36-18-7-6-14-31(36)34-17-9-23-43-42(34)47/h1-25H. The fraction of sp³-hybridized carbons (Fsp3) is 0. The Balaban J connectivity index is 1.17. The minimum Gasteiger partial charge on any atom is -0.455 e. The van der Waals surface area contributed by atoms with Gasteiger partial charge in [0.05, 0.1) is 16.8 Å². The molecule has 0 saturated heterocycles. The minimum absolute atomic E-state index is 0.559. The van der Waals surface area contributed by atoms with Crippen molar-refractivity contribution in [3.8, 4) is 39.9 Å². The van der Waals surface area contributed by atoms with Gasteiger partial charge in [0.1, 0.15) is 16.8 Å². The van der Waals surface area contributed by atoms with Gasteiger partial charge in [0.2, 0.25) is 0 Å². The molecule has 0 unspecified atom stereocenters. The first kappa shape index (κ1) is 26.5. The Morgan fingerprint density at radius 3 is 2.15 bits per heavy atom. The zero-order valence-electron chi connectivity index (χ0n) is 25.6. The van der Waals surface area contributed by atoms with Crippen molar-refractivity contribution >= 4 is 54.6 Å². The second-order valence-electron chi connectivity index (χ2n) is 11.9. The number of hydrogen-bond donors (Lipinski definition) is 0. The summed E-state index contributed by atoms with van der Waals surface area (Å²) in [5.74, 6) is 1.78. The highest BCUT2D eigenvalue weighted by Gasteiger charge is 2.19. The molecule has 0 radical (unpaired) electrons. The topological polar surface area (TPSA) is 69.6 Å². The van der Waals surface area contributed by atoms with E-state index in [0.29, 0.717) is 17.5 Å². The first-order chi connectivity index (χ1) is 23.8.